The van der Waals surface area contributed by atoms with Crippen LogP contribution in [-0.4, -0.2) is 45.8 Å². The molecule has 3 aromatic rings. The lowest BCUT2D eigenvalue weighted by molar-refractivity contribution is 0.0828. The van der Waals surface area contributed by atoms with Gasteiger partial charge in [0.1, 0.15) is 0 Å². The first kappa shape index (κ1) is 22.5. The van der Waals surface area contributed by atoms with E-state index in [0.717, 1.165) is 18.4 Å². The van der Waals surface area contributed by atoms with Crippen molar-refractivity contribution in [3.63, 3.8) is 0 Å². The van der Waals surface area contributed by atoms with Gasteiger partial charge in [-0.25, -0.2) is 8.42 Å². The molecule has 2 amide bonds. The quantitative estimate of drug-likeness (QED) is 0.624. The molecule has 0 bridgehead atoms. The molecule has 0 spiro atoms. The van der Waals surface area contributed by atoms with Crippen molar-refractivity contribution < 1.29 is 18.0 Å². The highest BCUT2D eigenvalue weighted by molar-refractivity contribution is 7.92. The molecule has 1 N–H and O–H groups in total. The Kier molecular flexibility index (Phi) is 6.20. The van der Waals surface area contributed by atoms with E-state index in [0.29, 0.717) is 23.5 Å². The van der Waals surface area contributed by atoms with E-state index in [9.17, 15) is 18.0 Å². The molecular formula is C25H25N3O4S. The Balaban J connectivity index is 1.63. The first-order chi connectivity index (χ1) is 15.8. The van der Waals surface area contributed by atoms with E-state index in [4.69, 9.17) is 0 Å². The third kappa shape index (κ3) is 4.47. The van der Waals surface area contributed by atoms with Gasteiger partial charge in [0.05, 0.1) is 21.8 Å². The number of carbonyl (C=O) groups excluding carboxylic acids is 2. The van der Waals surface area contributed by atoms with Gasteiger partial charge in [0.15, 0.2) is 0 Å². The number of benzene rings is 3. The lowest BCUT2D eigenvalue weighted by Gasteiger charge is -2.30. The molecule has 1 aliphatic heterocycles. The molecule has 0 saturated carbocycles. The molecule has 8 heteroatoms. The summed E-state index contributed by atoms with van der Waals surface area (Å²) in [6, 6.07) is 20.1. The lowest BCUT2D eigenvalue weighted by atomic mass is 10.0. The SMILES string of the molecule is CN(C)C(=O)c1ccccc1NC(=O)c1cccc(S(=O)(=O)N2CCCc3ccccc32)c1. The van der Waals surface area contributed by atoms with Gasteiger partial charge in [-0.1, -0.05) is 36.4 Å². The predicted molar refractivity (Wildman–Crippen MR) is 128 cm³/mol. The standard InChI is InChI=1S/C25H25N3O4S/c1-27(2)25(30)21-13-4-5-14-22(21)26-24(29)19-10-7-12-20(17-19)33(31,32)28-16-8-11-18-9-3-6-15-23(18)28/h3-7,9-10,12-15,17H,8,11,16H2,1-2H3,(H,26,29). The number of carbonyl (C=O) groups is 2. The number of amides is 2. The molecule has 170 valence electrons. The van der Waals surface area contributed by atoms with Crippen molar-refractivity contribution in [2.24, 2.45) is 0 Å². The Morgan fingerprint density at radius 2 is 1.67 bits per heavy atom. The molecule has 0 aromatic heterocycles. The Labute approximate surface area is 193 Å². The highest BCUT2D eigenvalue weighted by atomic mass is 32.2. The second-order valence-electron chi connectivity index (χ2n) is 8.04. The Hall–Kier alpha value is -3.65. The van der Waals surface area contributed by atoms with Gasteiger partial charge >= 0.3 is 0 Å². The van der Waals surface area contributed by atoms with Gasteiger partial charge in [0.25, 0.3) is 21.8 Å². The molecule has 7 nitrogen and oxygen atoms in total. The fourth-order valence-corrected chi connectivity index (χ4v) is 5.48. The Morgan fingerprint density at radius 3 is 2.45 bits per heavy atom. The van der Waals surface area contributed by atoms with Crippen LogP contribution in [0.2, 0.25) is 0 Å². The first-order valence-corrected chi connectivity index (χ1v) is 12.1. The summed E-state index contributed by atoms with van der Waals surface area (Å²) in [5.74, 6) is -0.740. The van der Waals surface area contributed by atoms with Gasteiger partial charge in [-0.05, 0) is 54.8 Å². The van der Waals surface area contributed by atoms with Gasteiger partial charge in [0, 0.05) is 26.2 Å². The highest BCUT2D eigenvalue weighted by Crippen LogP contribution is 2.32. The number of fused-ring (bicyclic) bond motifs is 1. The zero-order valence-corrected chi connectivity index (χ0v) is 19.3. The van der Waals surface area contributed by atoms with Crippen LogP contribution in [0.15, 0.2) is 77.7 Å². The normalized spacial score (nSPS) is 13.2. The molecule has 0 unspecified atom stereocenters. The van der Waals surface area contributed by atoms with Crippen molar-refractivity contribution in [3.05, 3.63) is 89.5 Å². The molecule has 33 heavy (non-hydrogen) atoms. The Morgan fingerprint density at radius 1 is 0.939 bits per heavy atom. The van der Waals surface area contributed by atoms with Crippen molar-refractivity contribution in [3.8, 4) is 0 Å². The summed E-state index contributed by atoms with van der Waals surface area (Å²) in [6.45, 7) is 0.385. The topological polar surface area (TPSA) is 86.8 Å². The molecule has 0 aliphatic carbocycles. The van der Waals surface area contributed by atoms with E-state index >= 15 is 0 Å². The van der Waals surface area contributed by atoms with Crippen LogP contribution in [0.5, 0.6) is 0 Å². The minimum absolute atomic E-state index is 0.0458. The van der Waals surface area contributed by atoms with Crippen molar-refractivity contribution in [2.75, 3.05) is 30.3 Å². The molecule has 0 saturated heterocycles. The monoisotopic (exact) mass is 463 g/mol. The molecule has 1 aliphatic rings. The number of hydrogen-bond donors (Lipinski definition) is 1. The average Bonchev–Trinajstić information content (AvgIpc) is 2.83. The highest BCUT2D eigenvalue weighted by Gasteiger charge is 2.29. The molecule has 0 fully saturated rings. The van der Waals surface area contributed by atoms with Crippen LogP contribution in [0.1, 0.15) is 32.7 Å². The average molecular weight is 464 g/mol. The summed E-state index contributed by atoms with van der Waals surface area (Å²) in [5, 5.41) is 2.74. The number of sulfonamides is 1. The number of anilines is 2. The van der Waals surface area contributed by atoms with Crippen LogP contribution in [0.3, 0.4) is 0 Å². The summed E-state index contributed by atoms with van der Waals surface area (Å²) < 4.78 is 28.3. The summed E-state index contributed by atoms with van der Waals surface area (Å²) in [4.78, 5) is 26.9. The number of hydrogen-bond acceptors (Lipinski definition) is 4. The number of nitrogens with one attached hydrogen (secondary N) is 1. The zero-order valence-electron chi connectivity index (χ0n) is 18.5. The summed E-state index contributed by atoms with van der Waals surface area (Å²) in [7, 11) is -0.579. The second kappa shape index (κ2) is 9.07. The summed E-state index contributed by atoms with van der Waals surface area (Å²) in [5.41, 5.74) is 2.57. The molecule has 0 radical (unpaired) electrons. The molecule has 3 aromatic carbocycles. The molecular weight excluding hydrogens is 438 g/mol. The van der Waals surface area contributed by atoms with E-state index in [1.807, 2.05) is 18.2 Å². The number of aryl methyl sites for hydroxylation is 1. The smallest absolute Gasteiger partial charge is 0.264 e. The Bertz CT molecular complexity index is 1320. The maximum Gasteiger partial charge on any atom is 0.264 e. The van der Waals surface area contributed by atoms with Crippen LogP contribution < -0.4 is 9.62 Å². The number of para-hydroxylation sites is 2. The fourth-order valence-electron chi connectivity index (χ4n) is 3.89. The molecule has 1 heterocycles. The summed E-state index contributed by atoms with van der Waals surface area (Å²) >= 11 is 0. The molecule has 0 atom stereocenters. The van der Waals surface area contributed by atoms with E-state index in [2.05, 4.69) is 5.32 Å². The van der Waals surface area contributed by atoms with Crippen molar-refractivity contribution >= 4 is 33.2 Å². The predicted octanol–water partition coefficient (Wildman–Crippen LogP) is 3.78. The maximum atomic E-state index is 13.4. The van der Waals surface area contributed by atoms with E-state index in [-0.39, 0.29) is 16.4 Å². The maximum absolute atomic E-state index is 13.4. The fraction of sp³-hybridized carbons (Fsp3) is 0.200. The minimum Gasteiger partial charge on any atom is -0.345 e. The second-order valence-corrected chi connectivity index (χ2v) is 9.90. The van der Waals surface area contributed by atoms with Crippen LogP contribution in [-0.2, 0) is 16.4 Å². The van der Waals surface area contributed by atoms with Crippen molar-refractivity contribution in [1.29, 1.82) is 0 Å². The van der Waals surface area contributed by atoms with E-state index in [1.54, 1.807) is 56.6 Å². The van der Waals surface area contributed by atoms with Gasteiger partial charge in [-0.2, -0.15) is 0 Å². The minimum atomic E-state index is -3.84. The van der Waals surface area contributed by atoms with Gasteiger partial charge in [-0.15, -0.1) is 0 Å². The molecule has 4 rings (SSSR count). The first-order valence-electron chi connectivity index (χ1n) is 10.6. The number of nitrogens with zero attached hydrogens (tertiary/aromatic N) is 2. The van der Waals surface area contributed by atoms with Crippen LogP contribution in [0, 0.1) is 0 Å². The third-order valence-corrected chi connectivity index (χ3v) is 7.37. The number of rotatable bonds is 5. The van der Waals surface area contributed by atoms with Crippen molar-refractivity contribution in [1.82, 2.24) is 4.90 Å². The third-order valence-electron chi connectivity index (χ3n) is 5.56. The van der Waals surface area contributed by atoms with E-state index < -0.39 is 15.9 Å². The van der Waals surface area contributed by atoms with Gasteiger partial charge in [0.2, 0.25) is 0 Å². The zero-order chi connectivity index (χ0) is 23.6. The summed E-state index contributed by atoms with van der Waals surface area (Å²) in [6.07, 6.45) is 1.56. The largest absolute Gasteiger partial charge is 0.345 e. The lowest BCUT2D eigenvalue weighted by Crippen LogP contribution is -2.35. The van der Waals surface area contributed by atoms with Crippen LogP contribution >= 0.6 is 0 Å². The van der Waals surface area contributed by atoms with Crippen molar-refractivity contribution in [2.45, 2.75) is 17.7 Å². The van der Waals surface area contributed by atoms with Crippen LogP contribution in [0.25, 0.3) is 0 Å². The van der Waals surface area contributed by atoms with Gasteiger partial charge < -0.3 is 10.2 Å². The van der Waals surface area contributed by atoms with Gasteiger partial charge in [-0.3, -0.25) is 13.9 Å². The van der Waals surface area contributed by atoms with Crippen LogP contribution in [0.4, 0.5) is 11.4 Å². The van der Waals surface area contributed by atoms with E-state index in [1.165, 1.54) is 21.3 Å².